The monoisotopic (exact) mass is 341 g/mol. The maximum atomic E-state index is 12.8. The van der Waals surface area contributed by atoms with Crippen molar-refractivity contribution in [3.8, 4) is 11.5 Å². The topological polar surface area (TPSA) is 70.8 Å². The van der Waals surface area contributed by atoms with Crippen molar-refractivity contribution in [3.05, 3.63) is 53.6 Å². The lowest BCUT2D eigenvalue weighted by Crippen LogP contribution is -2.24. The predicted molar refractivity (Wildman–Crippen MR) is 96.1 cm³/mol. The summed E-state index contributed by atoms with van der Waals surface area (Å²) in [6, 6.07) is 13.2. The van der Waals surface area contributed by atoms with Crippen molar-refractivity contribution in [2.45, 2.75) is 19.4 Å². The number of nitrogen functional groups attached to an aromatic ring is 1. The van der Waals surface area contributed by atoms with Crippen LogP contribution in [0.2, 0.25) is 0 Å². The largest absolute Gasteiger partial charge is 0.493 e. The first kappa shape index (κ1) is 17.3. The van der Waals surface area contributed by atoms with E-state index in [1.54, 1.807) is 19.2 Å². The number of Topliss-reactive ketones (excluding diaryl/α,β-unsaturated/α-hetero) is 1. The molecule has 1 heterocycles. The Morgan fingerprint density at radius 3 is 2.56 bits per heavy atom. The van der Waals surface area contributed by atoms with Crippen LogP contribution in [-0.2, 0) is 11.3 Å². The van der Waals surface area contributed by atoms with Crippen molar-refractivity contribution < 1.29 is 19.0 Å². The summed E-state index contributed by atoms with van der Waals surface area (Å²) < 4.78 is 16.6. The van der Waals surface area contributed by atoms with Crippen LogP contribution in [0, 0.1) is 5.92 Å². The van der Waals surface area contributed by atoms with Crippen LogP contribution in [0.5, 0.6) is 11.5 Å². The maximum Gasteiger partial charge on any atom is 0.168 e. The third-order valence-corrected chi connectivity index (χ3v) is 4.43. The second-order valence-corrected chi connectivity index (χ2v) is 6.12. The van der Waals surface area contributed by atoms with E-state index in [9.17, 15) is 4.79 Å². The van der Waals surface area contributed by atoms with Gasteiger partial charge in [0, 0.05) is 36.4 Å². The van der Waals surface area contributed by atoms with Crippen molar-refractivity contribution in [1.29, 1.82) is 0 Å². The van der Waals surface area contributed by atoms with E-state index < -0.39 is 0 Å². The number of hydrogen-bond acceptors (Lipinski definition) is 5. The minimum Gasteiger partial charge on any atom is -0.493 e. The highest BCUT2D eigenvalue weighted by Gasteiger charge is 2.25. The fraction of sp³-hybridized carbons (Fsp3) is 0.350. The predicted octanol–water partition coefficient (Wildman–Crippen LogP) is 3.47. The van der Waals surface area contributed by atoms with Gasteiger partial charge in [0.25, 0.3) is 0 Å². The third kappa shape index (κ3) is 4.12. The van der Waals surface area contributed by atoms with Crippen molar-refractivity contribution in [3.63, 3.8) is 0 Å². The molecule has 2 aromatic rings. The van der Waals surface area contributed by atoms with E-state index in [1.165, 1.54) is 0 Å². The number of methoxy groups -OCH3 is 1. The molecule has 1 aliphatic rings. The Hall–Kier alpha value is -2.53. The van der Waals surface area contributed by atoms with E-state index in [0.717, 1.165) is 18.4 Å². The summed E-state index contributed by atoms with van der Waals surface area (Å²) in [5.41, 5.74) is 8.05. The number of rotatable bonds is 6. The highest BCUT2D eigenvalue weighted by molar-refractivity contribution is 6.03. The van der Waals surface area contributed by atoms with Crippen LogP contribution in [-0.4, -0.2) is 26.1 Å². The molecule has 0 amide bonds. The summed E-state index contributed by atoms with van der Waals surface area (Å²) in [6.45, 7) is 1.62. The number of carbonyl (C=O) groups is 1. The molecule has 5 heteroatoms. The summed E-state index contributed by atoms with van der Waals surface area (Å²) in [7, 11) is 1.56. The van der Waals surface area contributed by atoms with Gasteiger partial charge in [-0.1, -0.05) is 30.3 Å². The van der Waals surface area contributed by atoms with Crippen molar-refractivity contribution in [2.75, 3.05) is 26.1 Å². The summed E-state index contributed by atoms with van der Waals surface area (Å²) in [4.78, 5) is 12.8. The fourth-order valence-electron chi connectivity index (χ4n) is 2.98. The lowest BCUT2D eigenvalue weighted by atomic mass is 9.90. The van der Waals surface area contributed by atoms with Gasteiger partial charge < -0.3 is 19.9 Å². The molecule has 0 spiro atoms. The molecule has 1 aliphatic heterocycles. The highest BCUT2D eigenvalue weighted by atomic mass is 16.5. The van der Waals surface area contributed by atoms with E-state index in [-0.39, 0.29) is 11.7 Å². The molecule has 1 saturated heterocycles. The molecule has 132 valence electrons. The van der Waals surface area contributed by atoms with E-state index >= 15 is 0 Å². The molecule has 5 nitrogen and oxygen atoms in total. The molecule has 0 saturated carbocycles. The molecule has 0 radical (unpaired) electrons. The zero-order chi connectivity index (χ0) is 17.6. The average molecular weight is 341 g/mol. The summed E-state index contributed by atoms with van der Waals surface area (Å²) >= 11 is 0. The Morgan fingerprint density at radius 1 is 1.16 bits per heavy atom. The maximum absolute atomic E-state index is 12.8. The molecular weight excluding hydrogens is 318 g/mol. The van der Waals surface area contributed by atoms with Gasteiger partial charge in [-0.2, -0.15) is 0 Å². The molecule has 1 fully saturated rings. The number of anilines is 1. The minimum atomic E-state index is -0.0496. The second-order valence-electron chi connectivity index (χ2n) is 6.12. The van der Waals surface area contributed by atoms with E-state index in [4.69, 9.17) is 19.9 Å². The summed E-state index contributed by atoms with van der Waals surface area (Å²) in [5.74, 6) is 1.05. The smallest absolute Gasteiger partial charge is 0.168 e. The molecule has 25 heavy (non-hydrogen) atoms. The third-order valence-electron chi connectivity index (χ3n) is 4.43. The van der Waals surface area contributed by atoms with Crippen molar-refractivity contribution in [1.82, 2.24) is 0 Å². The van der Waals surface area contributed by atoms with Gasteiger partial charge in [0.1, 0.15) is 6.61 Å². The van der Waals surface area contributed by atoms with Gasteiger partial charge in [-0.15, -0.1) is 0 Å². The number of benzene rings is 2. The van der Waals surface area contributed by atoms with E-state index in [1.807, 2.05) is 30.3 Å². The van der Waals surface area contributed by atoms with Gasteiger partial charge in [-0.25, -0.2) is 0 Å². The Morgan fingerprint density at radius 2 is 1.88 bits per heavy atom. The highest BCUT2D eigenvalue weighted by Crippen LogP contribution is 2.35. The van der Waals surface area contributed by atoms with Crippen LogP contribution in [0.1, 0.15) is 28.8 Å². The first-order chi connectivity index (χ1) is 12.2. The van der Waals surface area contributed by atoms with Gasteiger partial charge in [0.15, 0.2) is 17.3 Å². The van der Waals surface area contributed by atoms with Crippen LogP contribution < -0.4 is 15.2 Å². The van der Waals surface area contributed by atoms with E-state index in [2.05, 4.69) is 0 Å². The molecule has 3 rings (SSSR count). The standard InChI is InChI=1S/C20H23NO4/c1-23-18-12-17(21)16(20(22)15-7-9-24-10-8-15)11-19(18)25-13-14-5-3-2-4-6-14/h2-6,11-12,15H,7-10,13,21H2,1H3. The van der Waals surface area contributed by atoms with Gasteiger partial charge >= 0.3 is 0 Å². The van der Waals surface area contributed by atoms with Crippen LogP contribution in [0.4, 0.5) is 5.69 Å². The number of ketones is 1. The lowest BCUT2D eigenvalue weighted by molar-refractivity contribution is 0.0545. The number of carbonyl (C=O) groups excluding carboxylic acids is 1. The summed E-state index contributed by atoms with van der Waals surface area (Å²) in [5, 5.41) is 0. The average Bonchev–Trinajstić information content (AvgIpc) is 2.67. The van der Waals surface area contributed by atoms with Crippen molar-refractivity contribution in [2.24, 2.45) is 5.92 Å². The Balaban J connectivity index is 1.82. The van der Waals surface area contributed by atoms with Gasteiger partial charge in [-0.05, 0) is 24.5 Å². The Kier molecular flexibility index (Phi) is 5.56. The molecule has 2 aromatic carbocycles. The molecule has 0 bridgehead atoms. The van der Waals surface area contributed by atoms with Gasteiger partial charge in [0.2, 0.25) is 0 Å². The van der Waals surface area contributed by atoms with Gasteiger partial charge in [-0.3, -0.25) is 4.79 Å². The molecule has 0 aliphatic carbocycles. The van der Waals surface area contributed by atoms with E-state index in [0.29, 0.717) is 42.6 Å². The van der Waals surface area contributed by atoms with Crippen LogP contribution in [0.25, 0.3) is 0 Å². The summed E-state index contributed by atoms with van der Waals surface area (Å²) in [6.07, 6.45) is 1.45. The molecular formula is C20H23NO4. The number of hydrogen-bond donors (Lipinski definition) is 1. The fourth-order valence-corrected chi connectivity index (χ4v) is 2.98. The Bertz CT molecular complexity index is 724. The number of ether oxygens (including phenoxy) is 3. The molecule has 0 atom stereocenters. The van der Waals surface area contributed by atoms with Crippen LogP contribution >= 0.6 is 0 Å². The minimum absolute atomic E-state index is 0.0491. The first-order valence-corrected chi connectivity index (χ1v) is 8.45. The quantitative estimate of drug-likeness (QED) is 0.643. The SMILES string of the molecule is COc1cc(N)c(C(=O)C2CCOCC2)cc1OCc1ccccc1. The lowest BCUT2D eigenvalue weighted by Gasteiger charge is -2.22. The van der Waals surface area contributed by atoms with Crippen LogP contribution in [0.15, 0.2) is 42.5 Å². The zero-order valence-electron chi connectivity index (χ0n) is 14.4. The molecule has 2 N–H and O–H groups in total. The van der Waals surface area contributed by atoms with Crippen molar-refractivity contribution >= 4 is 11.5 Å². The second kappa shape index (κ2) is 8.03. The zero-order valence-corrected chi connectivity index (χ0v) is 14.4. The van der Waals surface area contributed by atoms with Crippen LogP contribution in [0.3, 0.4) is 0 Å². The molecule has 0 unspecified atom stereocenters. The van der Waals surface area contributed by atoms with Gasteiger partial charge in [0.05, 0.1) is 7.11 Å². The normalized spacial score (nSPS) is 14.9. The molecule has 0 aromatic heterocycles. The Labute approximate surface area is 147 Å². The number of nitrogens with two attached hydrogens (primary N) is 1. The first-order valence-electron chi connectivity index (χ1n) is 8.45.